The largest absolute Gasteiger partial charge is 0.345 e. The number of rotatable bonds is 5. The molecule has 1 N–H and O–H groups in total. The number of amides is 1. The van der Waals surface area contributed by atoms with Gasteiger partial charge in [0.15, 0.2) is 0 Å². The third kappa shape index (κ3) is 4.32. The Morgan fingerprint density at radius 2 is 1.67 bits per heavy atom. The summed E-state index contributed by atoms with van der Waals surface area (Å²) in [6, 6.07) is 5.52. The maximum absolute atomic E-state index is 12.2. The first-order chi connectivity index (χ1) is 8.46. The predicted molar refractivity (Wildman–Crippen MR) is 89.9 cm³/mol. The van der Waals surface area contributed by atoms with Crippen molar-refractivity contribution in [2.45, 2.75) is 18.9 Å². The molecule has 0 saturated carbocycles. The molecule has 0 bridgehead atoms. The van der Waals surface area contributed by atoms with Gasteiger partial charge in [0.2, 0.25) is 0 Å². The number of halogens is 4. The van der Waals surface area contributed by atoms with Crippen molar-refractivity contribution in [3.05, 3.63) is 32.7 Å². The lowest BCUT2D eigenvalue weighted by Gasteiger charge is -2.30. The van der Waals surface area contributed by atoms with Crippen LogP contribution in [0.5, 0.6) is 0 Å². The van der Waals surface area contributed by atoms with Crippen LogP contribution in [0.15, 0.2) is 27.1 Å². The molecule has 0 aliphatic carbocycles. The van der Waals surface area contributed by atoms with Crippen LogP contribution in [-0.4, -0.2) is 22.1 Å². The molecule has 0 atom stereocenters. The molecule has 6 heteroatoms. The summed E-state index contributed by atoms with van der Waals surface area (Å²) in [5, 5.41) is 4.50. The lowest BCUT2D eigenvalue weighted by Crippen LogP contribution is -2.51. The van der Waals surface area contributed by atoms with Crippen LogP contribution in [0.3, 0.4) is 0 Å². The number of carbonyl (C=O) groups excluding carboxylic acids is 1. The Morgan fingerprint density at radius 3 is 2.06 bits per heavy atom. The normalized spacial score (nSPS) is 11.4. The Morgan fingerprint density at radius 1 is 1.17 bits per heavy atom. The maximum Gasteiger partial charge on any atom is 0.251 e. The van der Waals surface area contributed by atoms with Crippen molar-refractivity contribution in [3.8, 4) is 0 Å². The predicted octanol–water partition coefficient (Wildman–Crippen LogP) is 4.88. The second kappa shape index (κ2) is 7.41. The van der Waals surface area contributed by atoms with Crippen molar-refractivity contribution in [1.82, 2.24) is 5.32 Å². The molecule has 0 aromatic heterocycles. The van der Waals surface area contributed by atoms with Gasteiger partial charge < -0.3 is 5.32 Å². The van der Waals surface area contributed by atoms with E-state index in [0.29, 0.717) is 16.2 Å². The van der Waals surface area contributed by atoms with Crippen molar-refractivity contribution in [2.24, 2.45) is 0 Å². The van der Waals surface area contributed by atoms with Gasteiger partial charge >= 0.3 is 0 Å². The number of carbonyl (C=O) groups is 1. The molecule has 18 heavy (non-hydrogen) atoms. The summed E-state index contributed by atoms with van der Waals surface area (Å²) in [7, 11) is 0. The van der Waals surface area contributed by atoms with Gasteiger partial charge in [0, 0.05) is 25.2 Å². The van der Waals surface area contributed by atoms with E-state index in [2.05, 4.69) is 76.0 Å². The fourth-order valence-corrected chi connectivity index (χ4v) is 4.67. The highest BCUT2D eigenvalue weighted by Crippen LogP contribution is 2.22. The summed E-state index contributed by atoms with van der Waals surface area (Å²) in [5.41, 5.74) is 0.377. The lowest BCUT2D eigenvalue weighted by atomic mass is 10.0. The Bertz CT molecular complexity index is 404. The van der Waals surface area contributed by atoms with E-state index in [4.69, 9.17) is 0 Å². The molecule has 2 nitrogen and oxygen atoms in total. The first kappa shape index (κ1) is 16.7. The van der Waals surface area contributed by atoms with Crippen molar-refractivity contribution in [1.29, 1.82) is 0 Å². The summed E-state index contributed by atoms with van der Waals surface area (Å²) in [6.07, 6.45) is 0.852. The third-order valence-corrected chi connectivity index (χ3v) is 5.75. The Labute approximate surface area is 141 Å². The number of alkyl halides is 2. The topological polar surface area (TPSA) is 29.1 Å². The molecular weight excluding hydrogens is 494 g/mol. The van der Waals surface area contributed by atoms with E-state index in [1.165, 1.54) is 0 Å². The number of benzene rings is 1. The first-order valence-corrected chi connectivity index (χ1v) is 9.20. The highest BCUT2D eigenvalue weighted by atomic mass is 79.9. The van der Waals surface area contributed by atoms with Gasteiger partial charge in [-0.05, 0) is 24.6 Å². The van der Waals surface area contributed by atoms with Crippen LogP contribution in [-0.2, 0) is 0 Å². The molecule has 1 rings (SSSR count). The van der Waals surface area contributed by atoms with Crippen LogP contribution in [0, 0.1) is 0 Å². The van der Waals surface area contributed by atoms with Gasteiger partial charge in [-0.1, -0.05) is 70.6 Å². The van der Waals surface area contributed by atoms with Gasteiger partial charge in [0.1, 0.15) is 0 Å². The summed E-state index contributed by atoms with van der Waals surface area (Å²) < 4.78 is 1.75. The smallest absolute Gasteiger partial charge is 0.251 e. The summed E-state index contributed by atoms with van der Waals surface area (Å²) >= 11 is 13.7. The molecule has 0 heterocycles. The Kier molecular flexibility index (Phi) is 6.86. The minimum atomic E-state index is -0.258. The molecular formula is C12H13Br4NO. The van der Waals surface area contributed by atoms with E-state index in [1.54, 1.807) is 0 Å². The lowest BCUT2D eigenvalue weighted by molar-refractivity contribution is 0.0915. The maximum atomic E-state index is 12.2. The minimum Gasteiger partial charge on any atom is -0.345 e. The zero-order chi connectivity index (χ0) is 13.8. The van der Waals surface area contributed by atoms with Gasteiger partial charge in [-0.2, -0.15) is 0 Å². The standard InChI is InChI=1S/C12H13Br4NO/c1-2-12(6-13,7-14)17-11(18)8-3-9(15)5-10(16)4-8/h3-5H,2,6-7H2,1H3,(H,17,18). The SMILES string of the molecule is CCC(CBr)(CBr)NC(=O)c1cc(Br)cc(Br)c1. The van der Waals surface area contributed by atoms with Gasteiger partial charge in [0.05, 0.1) is 5.54 Å². The van der Waals surface area contributed by atoms with Crippen LogP contribution in [0.25, 0.3) is 0 Å². The molecule has 100 valence electrons. The van der Waals surface area contributed by atoms with Gasteiger partial charge in [-0.3, -0.25) is 4.79 Å². The van der Waals surface area contributed by atoms with Crippen LogP contribution in [0.2, 0.25) is 0 Å². The second-order valence-electron chi connectivity index (χ2n) is 4.01. The molecule has 0 unspecified atom stereocenters. The first-order valence-electron chi connectivity index (χ1n) is 5.37. The van der Waals surface area contributed by atoms with Gasteiger partial charge in [-0.15, -0.1) is 0 Å². The minimum absolute atomic E-state index is 0.0715. The third-order valence-electron chi connectivity index (χ3n) is 2.69. The Balaban J connectivity index is 2.94. The molecule has 0 saturated heterocycles. The number of nitrogens with one attached hydrogen (secondary N) is 1. The molecule has 0 aliphatic heterocycles. The van der Waals surface area contributed by atoms with E-state index in [1.807, 2.05) is 18.2 Å². The van der Waals surface area contributed by atoms with E-state index < -0.39 is 0 Å². The van der Waals surface area contributed by atoms with Crippen molar-refractivity contribution >= 4 is 69.6 Å². The van der Waals surface area contributed by atoms with Crippen molar-refractivity contribution in [2.75, 3.05) is 10.7 Å². The fraction of sp³-hybridized carbons (Fsp3) is 0.417. The van der Waals surface area contributed by atoms with E-state index in [9.17, 15) is 4.79 Å². The fourth-order valence-electron chi connectivity index (χ4n) is 1.38. The number of hydrogen-bond donors (Lipinski definition) is 1. The molecule has 1 aromatic rings. The molecule has 1 amide bonds. The van der Waals surface area contributed by atoms with Crippen LogP contribution >= 0.6 is 63.7 Å². The summed E-state index contributed by atoms with van der Waals surface area (Å²) in [4.78, 5) is 12.2. The molecule has 1 aromatic carbocycles. The van der Waals surface area contributed by atoms with E-state index in [-0.39, 0.29) is 11.4 Å². The van der Waals surface area contributed by atoms with Crippen LogP contribution in [0.1, 0.15) is 23.7 Å². The van der Waals surface area contributed by atoms with Gasteiger partial charge in [-0.25, -0.2) is 0 Å². The summed E-state index contributed by atoms with van der Waals surface area (Å²) in [6.45, 7) is 2.06. The molecule has 0 radical (unpaired) electrons. The van der Waals surface area contributed by atoms with Crippen LogP contribution < -0.4 is 5.32 Å². The van der Waals surface area contributed by atoms with E-state index in [0.717, 1.165) is 15.4 Å². The van der Waals surface area contributed by atoms with Gasteiger partial charge in [0.25, 0.3) is 5.91 Å². The zero-order valence-electron chi connectivity index (χ0n) is 9.77. The van der Waals surface area contributed by atoms with Crippen molar-refractivity contribution in [3.63, 3.8) is 0 Å². The van der Waals surface area contributed by atoms with E-state index >= 15 is 0 Å². The highest BCUT2D eigenvalue weighted by Gasteiger charge is 2.28. The zero-order valence-corrected chi connectivity index (χ0v) is 16.1. The van der Waals surface area contributed by atoms with Crippen LogP contribution in [0.4, 0.5) is 0 Å². The average molecular weight is 507 g/mol. The molecule has 0 fully saturated rings. The molecule has 0 spiro atoms. The summed E-state index contributed by atoms with van der Waals surface area (Å²) in [5.74, 6) is -0.0715. The van der Waals surface area contributed by atoms with Crippen molar-refractivity contribution < 1.29 is 4.79 Å². The monoisotopic (exact) mass is 503 g/mol. The quantitative estimate of drug-likeness (QED) is 0.567. The second-order valence-corrected chi connectivity index (χ2v) is 6.97. The molecule has 0 aliphatic rings. The Hall–Kier alpha value is 0.610. The number of hydrogen-bond acceptors (Lipinski definition) is 1. The average Bonchev–Trinajstić information content (AvgIpc) is 2.35. The highest BCUT2D eigenvalue weighted by molar-refractivity contribution is 9.11.